The Bertz CT molecular complexity index is 511. The van der Waals surface area contributed by atoms with Gasteiger partial charge in [-0.3, -0.25) is 4.79 Å². The van der Waals surface area contributed by atoms with Crippen molar-refractivity contribution in [1.29, 1.82) is 5.26 Å². The van der Waals surface area contributed by atoms with E-state index in [0.717, 1.165) is 0 Å². The molecule has 1 aromatic carbocycles. The minimum atomic E-state index is -0.185. The number of amides is 1. The van der Waals surface area contributed by atoms with Gasteiger partial charge in [0.15, 0.2) is 0 Å². The minimum absolute atomic E-state index is 0.185. The molecule has 0 radical (unpaired) electrons. The summed E-state index contributed by atoms with van der Waals surface area (Å²) >= 11 is 0. The molecule has 0 aliphatic rings. The standard InChI is InChI=1S/C15H21N3O3/c1-3-21-14-10-12(9-13(17)11-14)15(19)18(6-4-5-16)7-8-20-2/h9-11H,3-4,6-8,17H2,1-2H3. The van der Waals surface area contributed by atoms with Crippen molar-refractivity contribution in [3.63, 3.8) is 0 Å². The maximum Gasteiger partial charge on any atom is 0.254 e. The molecule has 1 aromatic rings. The monoisotopic (exact) mass is 291 g/mol. The highest BCUT2D eigenvalue weighted by Crippen LogP contribution is 2.20. The van der Waals surface area contributed by atoms with Gasteiger partial charge in [-0.05, 0) is 19.1 Å². The summed E-state index contributed by atoms with van der Waals surface area (Å²) < 4.78 is 10.4. The number of ether oxygens (including phenoxy) is 2. The highest BCUT2D eigenvalue weighted by molar-refractivity contribution is 5.95. The van der Waals surface area contributed by atoms with Crippen molar-refractivity contribution in [2.24, 2.45) is 0 Å². The van der Waals surface area contributed by atoms with Crippen LogP contribution in [0.1, 0.15) is 23.7 Å². The summed E-state index contributed by atoms with van der Waals surface area (Å²) in [5.41, 5.74) is 6.72. The molecule has 6 heteroatoms. The van der Waals surface area contributed by atoms with E-state index in [9.17, 15) is 4.79 Å². The maximum absolute atomic E-state index is 12.5. The molecule has 6 nitrogen and oxygen atoms in total. The third-order valence-electron chi connectivity index (χ3n) is 2.83. The summed E-state index contributed by atoms with van der Waals surface area (Å²) in [5, 5.41) is 8.69. The van der Waals surface area contributed by atoms with Crippen LogP contribution < -0.4 is 10.5 Å². The molecule has 0 spiro atoms. The summed E-state index contributed by atoms with van der Waals surface area (Å²) in [6.07, 6.45) is 0.274. The Kier molecular flexibility index (Phi) is 7.05. The Morgan fingerprint density at radius 3 is 2.76 bits per heavy atom. The number of hydrogen-bond donors (Lipinski definition) is 1. The Hall–Kier alpha value is -2.26. The van der Waals surface area contributed by atoms with E-state index in [2.05, 4.69) is 0 Å². The van der Waals surface area contributed by atoms with Gasteiger partial charge in [0.25, 0.3) is 5.91 Å². The zero-order valence-electron chi connectivity index (χ0n) is 12.5. The average molecular weight is 291 g/mol. The summed E-state index contributed by atoms with van der Waals surface area (Å²) in [6.45, 7) is 3.56. The lowest BCUT2D eigenvalue weighted by molar-refractivity contribution is 0.0699. The van der Waals surface area contributed by atoms with Crippen LogP contribution in [0.5, 0.6) is 5.75 Å². The van der Waals surface area contributed by atoms with Gasteiger partial charge >= 0.3 is 0 Å². The third-order valence-corrected chi connectivity index (χ3v) is 2.83. The predicted octanol–water partition coefficient (Wildman–Crippen LogP) is 1.67. The van der Waals surface area contributed by atoms with Crippen molar-refractivity contribution in [1.82, 2.24) is 4.90 Å². The van der Waals surface area contributed by atoms with Crippen molar-refractivity contribution < 1.29 is 14.3 Å². The summed E-state index contributed by atoms with van der Waals surface area (Å²) in [4.78, 5) is 14.1. The van der Waals surface area contributed by atoms with Crippen molar-refractivity contribution in [3.05, 3.63) is 23.8 Å². The van der Waals surface area contributed by atoms with Crippen LogP contribution in [-0.4, -0.2) is 44.2 Å². The molecule has 114 valence electrons. The van der Waals surface area contributed by atoms with Gasteiger partial charge in [0.2, 0.25) is 0 Å². The van der Waals surface area contributed by atoms with Crippen LogP contribution in [0.25, 0.3) is 0 Å². The van der Waals surface area contributed by atoms with Crippen LogP contribution in [0, 0.1) is 11.3 Å². The Labute approximate surface area is 125 Å². The molecule has 0 aromatic heterocycles. The Morgan fingerprint density at radius 1 is 1.38 bits per heavy atom. The number of rotatable bonds is 8. The third kappa shape index (κ3) is 5.32. The van der Waals surface area contributed by atoms with Gasteiger partial charge < -0.3 is 20.1 Å². The van der Waals surface area contributed by atoms with E-state index < -0.39 is 0 Å². The molecule has 21 heavy (non-hydrogen) atoms. The van der Waals surface area contributed by atoms with E-state index in [1.165, 1.54) is 0 Å². The van der Waals surface area contributed by atoms with Crippen LogP contribution >= 0.6 is 0 Å². The number of nitrogen functional groups attached to an aromatic ring is 1. The van der Waals surface area contributed by atoms with Crippen LogP contribution in [0.4, 0.5) is 5.69 Å². The highest BCUT2D eigenvalue weighted by Gasteiger charge is 2.16. The molecule has 2 N–H and O–H groups in total. The van der Waals surface area contributed by atoms with Crippen LogP contribution in [0.15, 0.2) is 18.2 Å². The molecular formula is C15H21N3O3. The molecule has 0 aliphatic heterocycles. The number of nitrogens with zero attached hydrogens (tertiary/aromatic N) is 2. The second-order valence-corrected chi connectivity index (χ2v) is 4.42. The number of nitrogens with two attached hydrogens (primary N) is 1. The number of carbonyl (C=O) groups is 1. The first kappa shape index (κ1) is 16.8. The van der Waals surface area contributed by atoms with Crippen molar-refractivity contribution >= 4 is 11.6 Å². The lowest BCUT2D eigenvalue weighted by atomic mass is 10.1. The fourth-order valence-corrected chi connectivity index (χ4v) is 1.88. The normalized spacial score (nSPS) is 9.95. The van der Waals surface area contributed by atoms with Gasteiger partial charge in [-0.1, -0.05) is 0 Å². The molecule has 0 aliphatic carbocycles. The zero-order chi connectivity index (χ0) is 15.7. The van der Waals surface area contributed by atoms with Crippen molar-refractivity contribution in [3.8, 4) is 11.8 Å². The van der Waals surface area contributed by atoms with Crippen LogP contribution in [-0.2, 0) is 4.74 Å². The number of anilines is 1. The Morgan fingerprint density at radius 2 is 2.14 bits per heavy atom. The van der Waals surface area contributed by atoms with Gasteiger partial charge in [0, 0.05) is 37.5 Å². The molecule has 0 bridgehead atoms. The fourth-order valence-electron chi connectivity index (χ4n) is 1.88. The lowest BCUT2D eigenvalue weighted by Crippen LogP contribution is -2.34. The topological polar surface area (TPSA) is 88.6 Å². The molecule has 1 amide bonds. The number of nitriles is 1. The molecule has 0 heterocycles. The van der Waals surface area contributed by atoms with Crippen LogP contribution in [0.3, 0.4) is 0 Å². The first-order valence-corrected chi connectivity index (χ1v) is 6.80. The lowest BCUT2D eigenvalue weighted by Gasteiger charge is -2.21. The molecule has 0 atom stereocenters. The van der Waals surface area contributed by atoms with Gasteiger partial charge in [-0.25, -0.2) is 0 Å². The van der Waals surface area contributed by atoms with Crippen LogP contribution in [0.2, 0.25) is 0 Å². The van der Waals surface area contributed by atoms with Gasteiger partial charge in [-0.15, -0.1) is 0 Å². The molecule has 0 saturated heterocycles. The first-order chi connectivity index (χ1) is 10.1. The maximum atomic E-state index is 12.5. The van der Waals surface area contributed by atoms with E-state index in [-0.39, 0.29) is 12.3 Å². The highest BCUT2D eigenvalue weighted by atomic mass is 16.5. The number of hydrogen-bond acceptors (Lipinski definition) is 5. The van der Waals surface area contributed by atoms with Gasteiger partial charge in [0.05, 0.1) is 25.7 Å². The van der Waals surface area contributed by atoms with Crippen molar-refractivity contribution in [2.75, 3.05) is 39.1 Å². The largest absolute Gasteiger partial charge is 0.494 e. The van der Waals surface area contributed by atoms with Gasteiger partial charge in [-0.2, -0.15) is 5.26 Å². The molecule has 0 saturated carbocycles. The van der Waals surface area contributed by atoms with Gasteiger partial charge in [0.1, 0.15) is 5.75 Å². The van der Waals surface area contributed by atoms with Crippen molar-refractivity contribution in [2.45, 2.75) is 13.3 Å². The second kappa shape index (κ2) is 8.82. The average Bonchev–Trinajstić information content (AvgIpc) is 2.46. The Balaban J connectivity index is 2.93. The van der Waals surface area contributed by atoms with E-state index in [0.29, 0.717) is 43.3 Å². The fraction of sp³-hybridized carbons (Fsp3) is 0.467. The number of benzene rings is 1. The SMILES string of the molecule is CCOc1cc(N)cc(C(=O)N(CCC#N)CCOC)c1. The molecule has 0 fully saturated rings. The second-order valence-electron chi connectivity index (χ2n) is 4.42. The number of methoxy groups -OCH3 is 1. The summed E-state index contributed by atoms with van der Waals surface area (Å²) in [7, 11) is 1.57. The summed E-state index contributed by atoms with van der Waals surface area (Å²) in [6, 6.07) is 6.98. The first-order valence-electron chi connectivity index (χ1n) is 6.80. The quantitative estimate of drug-likeness (QED) is 0.736. The molecule has 1 rings (SSSR count). The molecule has 0 unspecified atom stereocenters. The number of carbonyl (C=O) groups excluding carboxylic acids is 1. The van der Waals surface area contributed by atoms with E-state index in [1.807, 2.05) is 13.0 Å². The molecular weight excluding hydrogens is 270 g/mol. The minimum Gasteiger partial charge on any atom is -0.494 e. The van der Waals surface area contributed by atoms with E-state index in [4.69, 9.17) is 20.5 Å². The summed E-state index contributed by atoms with van der Waals surface area (Å²) in [5.74, 6) is 0.378. The van der Waals surface area contributed by atoms with E-state index in [1.54, 1.807) is 30.2 Å². The zero-order valence-corrected chi connectivity index (χ0v) is 12.5. The predicted molar refractivity (Wildman–Crippen MR) is 80.0 cm³/mol. The smallest absolute Gasteiger partial charge is 0.254 e. The van der Waals surface area contributed by atoms with E-state index >= 15 is 0 Å².